The summed E-state index contributed by atoms with van der Waals surface area (Å²) in [6.07, 6.45) is 4.67. The van der Waals surface area contributed by atoms with Crippen molar-refractivity contribution in [1.29, 1.82) is 0 Å². The van der Waals surface area contributed by atoms with Crippen molar-refractivity contribution in [3.63, 3.8) is 0 Å². The van der Waals surface area contributed by atoms with Crippen molar-refractivity contribution in [3.8, 4) is 0 Å². The van der Waals surface area contributed by atoms with Gasteiger partial charge in [-0.1, -0.05) is 35.5 Å². The highest BCUT2D eigenvalue weighted by atomic mass is 16.6. The third kappa shape index (κ3) is 3.74. The molecule has 0 N–H and O–H groups in total. The van der Waals surface area contributed by atoms with E-state index >= 15 is 0 Å². The molecule has 0 radical (unpaired) electrons. The molecule has 1 aromatic carbocycles. The Bertz CT molecular complexity index is 686. The Kier molecular flexibility index (Phi) is 4.66. The predicted molar refractivity (Wildman–Crippen MR) is 87.9 cm³/mol. The van der Waals surface area contributed by atoms with Gasteiger partial charge < -0.3 is 9.74 Å². The fourth-order valence-electron chi connectivity index (χ4n) is 2.52. The summed E-state index contributed by atoms with van der Waals surface area (Å²) >= 11 is 0. The maximum atomic E-state index is 12.4. The minimum atomic E-state index is -0.163. The van der Waals surface area contributed by atoms with E-state index in [1.54, 1.807) is 24.3 Å². The van der Waals surface area contributed by atoms with E-state index in [4.69, 9.17) is 4.84 Å². The summed E-state index contributed by atoms with van der Waals surface area (Å²) in [5.74, 6) is -0.0718. The quantitative estimate of drug-likeness (QED) is 0.853. The van der Waals surface area contributed by atoms with Crippen LogP contribution in [0.4, 0.5) is 0 Å². The SMILES string of the molecule is CN(CCc1ccncc1)C(=O)C1=NO[C@H](c2ccccc2)C1. The highest BCUT2D eigenvalue weighted by Crippen LogP contribution is 2.27. The standard InChI is InChI=1S/C18H19N3O2/c1-21(12-9-14-7-10-19-11-8-14)18(22)16-13-17(23-20-16)15-5-3-2-4-6-15/h2-8,10-11,17H,9,12-13H2,1H3/t17-/m0/s1. The van der Waals surface area contributed by atoms with E-state index in [1.165, 1.54) is 0 Å². The lowest BCUT2D eigenvalue weighted by atomic mass is 10.0. The third-order valence-electron chi connectivity index (χ3n) is 3.92. The number of aromatic nitrogens is 1. The second kappa shape index (κ2) is 7.05. The minimum absolute atomic E-state index is 0.0718. The molecule has 2 aromatic rings. The van der Waals surface area contributed by atoms with Gasteiger partial charge in [-0.2, -0.15) is 0 Å². The molecule has 0 spiro atoms. The molecule has 0 fully saturated rings. The third-order valence-corrected chi connectivity index (χ3v) is 3.92. The molecule has 23 heavy (non-hydrogen) atoms. The summed E-state index contributed by atoms with van der Waals surface area (Å²) in [5, 5.41) is 3.98. The molecule has 1 amide bonds. The molecule has 0 aliphatic carbocycles. The Morgan fingerprint density at radius 1 is 1.22 bits per heavy atom. The number of carbonyl (C=O) groups is 1. The predicted octanol–water partition coefficient (Wildman–Crippen LogP) is 2.60. The fraction of sp³-hybridized carbons (Fsp3) is 0.278. The zero-order valence-electron chi connectivity index (χ0n) is 13.1. The van der Waals surface area contributed by atoms with Crippen molar-refractivity contribution in [2.45, 2.75) is 18.9 Å². The maximum Gasteiger partial charge on any atom is 0.271 e. The first kappa shape index (κ1) is 15.2. The van der Waals surface area contributed by atoms with E-state index in [0.717, 1.165) is 17.5 Å². The monoisotopic (exact) mass is 309 g/mol. The van der Waals surface area contributed by atoms with Gasteiger partial charge in [0, 0.05) is 32.4 Å². The van der Waals surface area contributed by atoms with Crippen molar-refractivity contribution in [2.75, 3.05) is 13.6 Å². The number of nitrogens with zero attached hydrogens (tertiary/aromatic N) is 3. The number of hydrogen-bond donors (Lipinski definition) is 0. The molecular formula is C18H19N3O2. The van der Waals surface area contributed by atoms with Crippen LogP contribution in [0.15, 0.2) is 60.0 Å². The Labute approximate surface area is 135 Å². The largest absolute Gasteiger partial charge is 0.387 e. The molecule has 1 atom stereocenters. The van der Waals surface area contributed by atoms with Crippen molar-refractivity contribution in [3.05, 3.63) is 66.0 Å². The molecule has 0 unspecified atom stereocenters. The van der Waals surface area contributed by atoms with Gasteiger partial charge in [0.25, 0.3) is 5.91 Å². The van der Waals surface area contributed by atoms with E-state index in [9.17, 15) is 4.79 Å². The number of oxime groups is 1. The number of rotatable bonds is 5. The molecule has 1 aliphatic heterocycles. The van der Waals surface area contributed by atoms with Crippen molar-refractivity contribution < 1.29 is 9.63 Å². The van der Waals surface area contributed by atoms with Crippen LogP contribution in [0, 0.1) is 0 Å². The Morgan fingerprint density at radius 3 is 2.70 bits per heavy atom. The van der Waals surface area contributed by atoms with Crippen LogP contribution in [-0.4, -0.2) is 35.1 Å². The summed E-state index contributed by atoms with van der Waals surface area (Å²) in [6.45, 7) is 0.637. The molecule has 0 saturated carbocycles. The van der Waals surface area contributed by atoms with Crippen LogP contribution in [-0.2, 0) is 16.1 Å². The number of pyridine rings is 1. The van der Waals surface area contributed by atoms with Crippen LogP contribution in [0.25, 0.3) is 0 Å². The summed E-state index contributed by atoms with van der Waals surface area (Å²) in [7, 11) is 1.79. The summed E-state index contributed by atoms with van der Waals surface area (Å²) in [6, 6.07) is 13.8. The van der Waals surface area contributed by atoms with Gasteiger partial charge in [-0.05, 0) is 29.7 Å². The van der Waals surface area contributed by atoms with E-state index in [-0.39, 0.29) is 12.0 Å². The van der Waals surface area contributed by atoms with Crippen molar-refractivity contribution in [2.24, 2.45) is 5.16 Å². The van der Waals surface area contributed by atoms with Crippen molar-refractivity contribution >= 4 is 11.6 Å². The van der Waals surface area contributed by atoms with E-state index in [2.05, 4.69) is 10.1 Å². The van der Waals surface area contributed by atoms with Gasteiger partial charge in [-0.3, -0.25) is 9.78 Å². The number of benzene rings is 1. The van der Waals surface area contributed by atoms with Crippen LogP contribution in [0.1, 0.15) is 23.7 Å². The smallest absolute Gasteiger partial charge is 0.271 e. The summed E-state index contributed by atoms with van der Waals surface area (Å²) in [4.78, 5) is 23.5. The topological polar surface area (TPSA) is 54.8 Å². The highest BCUT2D eigenvalue weighted by molar-refractivity contribution is 6.39. The summed E-state index contributed by atoms with van der Waals surface area (Å²) < 4.78 is 0. The normalized spacial score (nSPS) is 16.6. The van der Waals surface area contributed by atoms with Gasteiger partial charge in [0.15, 0.2) is 6.10 Å². The molecule has 5 nitrogen and oxygen atoms in total. The molecule has 1 aliphatic rings. The zero-order valence-corrected chi connectivity index (χ0v) is 13.1. The van der Waals surface area contributed by atoms with Gasteiger partial charge >= 0.3 is 0 Å². The Balaban J connectivity index is 1.54. The molecule has 3 rings (SSSR count). The number of hydrogen-bond acceptors (Lipinski definition) is 4. The van der Waals surface area contributed by atoms with Gasteiger partial charge in [0.1, 0.15) is 5.71 Å². The maximum absolute atomic E-state index is 12.4. The molecule has 5 heteroatoms. The minimum Gasteiger partial charge on any atom is -0.387 e. The lowest BCUT2D eigenvalue weighted by Gasteiger charge is -2.16. The van der Waals surface area contributed by atoms with Crippen LogP contribution < -0.4 is 0 Å². The first-order chi connectivity index (χ1) is 11.2. The second-order valence-corrected chi connectivity index (χ2v) is 5.58. The highest BCUT2D eigenvalue weighted by Gasteiger charge is 2.28. The van der Waals surface area contributed by atoms with E-state index in [1.807, 2.05) is 42.5 Å². The lowest BCUT2D eigenvalue weighted by molar-refractivity contribution is -0.123. The molecule has 118 valence electrons. The van der Waals surface area contributed by atoms with Gasteiger partial charge in [-0.25, -0.2) is 0 Å². The summed E-state index contributed by atoms with van der Waals surface area (Å²) in [5.41, 5.74) is 2.68. The van der Waals surface area contributed by atoms with Crippen LogP contribution in [0.5, 0.6) is 0 Å². The second-order valence-electron chi connectivity index (χ2n) is 5.58. The zero-order chi connectivity index (χ0) is 16.1. The first-order valence-corrected chi connectivity index (χ1v) is 7.66. The van der Waals surface area contributed by atoms with E-state index < -0.39 is 0 Å². The van der Waals surface area contributed by atoms with Gasteiger partial charge in [0.05, 0.1) is 0 Å². The van der Waals surface area contributed by atoms with Gasteiger partial charge in [0.2, 0.25) is 0 Å². The molecule has 2 heterocycles. The van der Waals surface area contributed by atoms with Gasteiger partial charge in [-0.15, -0.1) is 0 Å². The van der Waals surface area contributed by atoms with Crippen LogP contribution >= 0.6 is 0 Å². The number of amides is 1. The molecule has 1 aromatic heterocycles. The average molecular weight is 309 g/mol. The van der Waals surface area contributed by atoms with Crippen molar-refractivity contribution in [1.82, 2.24) is 9.88 Å². The fourth-order valence-corrected chi connectivity index (χ4v) is 2.52. The lowest BCUT2D eigenvalue weighted by Crippen LogP contribution is -2.34. The van der Waals surface area contributed by atoms with E-state index in [0.29, 0.717) is 18.7 Å². The molecule has 0 bridgehead atoms. The van der Waals surface area contributed by atoms with Crippen LogP contribution in [0.2, 0.25) is 0 Å². The number of likely N-dealkylation sites (N-methyl/N-ethyl adjacent to an activating group) is 1. The first-order valence-electron chi connectivity index (χ1n) is 7.66. The molecule has 0 saturated heterocycles. The Hall–Kier alpha value is -2.69. The average Bonchev–Trinajstić information content (AvgIpc) is 3.11. The van der Waals surface area contributed by atoms with Crippen LogP contribution in [0.3, 0.4) is 0 Å². The number of carbonyl (C=O) groups excluding carboxylic acids is 1. The Morgan fingerprint density at radius 2 is 1.96 bits per heavy atom. The molecular weight excluding hydrogens is 290 g/mol.